The molecule has 0 aromatic carbocycles. The lowest BCUT2D eigenvalue weighted by Gasteiger charge is -2.31. The minimum atomic E-state index is -4.22. The van der Waals surface area contributed by atoms with Gasteiger partial charge in [-0.2, -0.15) is 13.2 Å². The number of alkyl halides is 3. The molecule has 2 N–H and O–H groups in total. The predicted molar refractivity (Wildman–Crippen MR) is 72.6 cm³/mol. The summed E-state index contributed by atoms with van der Waals surface area (Å²) < 4.78 is 37.9. The van der Waals surface area contributed by atoms with Crippen molar-refractivity contribution in [3.8, 4) is 0 Å². The van der Waals surface area contributed by atoms with Crippen molar-refractivity contribution in [1.82, 2.24) is 4.98 Å². The highest BCUT2D eigenvalue weighted by atomic mass is 19.4. The van der Waals surface area contributed by atoms with Crippen LogP contribution in [-0.4, -0.2) is 24.2 Å². The molecule has 0 saturated heterocycles. The van der Waals surface area contributed by atoms with Gasteiger partial charge in [0.2, 0.25) is 0 Å². The molecule has 1 aromatic heterocycles. The number of nitrogens with zero attached hydrogens (tertiary/aromatic N) is 2. The first-order valence-corrected chi connectivity index (χ1v) is 6.51. The van der Waals surface area contributed by atoms with Gasteiger partial charge in [-0.3, -0.25) is 4.98 Å². The molecule has 0 spiro atoms. The molecule has 0 unspecified atom stereocenters. The first-order chi connectivity index (χ1) is 9.32. The molecule has 2 rings (SSSR count). The third-order valence-corrected chi connectivity index (χ3v) is 3.55. The summed E-state index contributed by atoms with van der Waals surface area (Å²) in [4.78, 5) is 6.28. The van der Waals surface area contributed by atoms with E-state index in [1.165, 1.54) is 6.08 Å². The van der Waals surface area contributed by atoms with Crippen LogP contribution >= 0.6 is 0 Å². The van der Waals surface area contributed by atoms with Crippen LogP contribution in [0.3, 0.4) is 0 Å². The van der Waals surface area contributed by atoms with Gasteiger partial charge in [0.15, 0.2) is 0 Å². The van der Waals surface area contributed by atoms with E-state index in [0.29, 0.717) is 13.1 Å². The van der Waals surface area contributed by atoms with Crippen LogP contribution in [0.1, 0.15) is 23.4 Å². The fourth-order valence-electron chi connectivity index (χ4n) is 2.51. The van der Waals surface area contributed by atoms with Gasteiger partial charge in [0.25, 0.3) is 0 Å². The third-order valence-electron chi connectivity index (χ3n) is 3.55. The van der Waals surface area contributed by atoms with Crippen molar-refractivity contribution < 1.29 is 13.2 Å². The Labute approximate surface area is 116 Å². The van der Waals surface area contributed by atoms with E-state index in [4.69, 9.17) is 5.73 Å². The molecule has 6 heteroatoms. The molecular weight excluding hydrogens is 267 g/mol. The maximum atomic E-state index is 12.6. The maximum Gasteiger partial charge on any atom is 0.412 e. The van der Waals surface area contributed by atoms with Gasteiger partial charge in [-0.05, 0) is 26.3 Å². The van der Waals surface area contributed by atoms with Crippen molar-refractivity contribution in [1.29, 1.82) is 0 Å². The number of halogens is 3. The third kappa shape index (κ3) is 2.95. The normalized spacial score (nSPS) is 16.3. The van der Waals surface area contributed by atoms with Crippen LogP contribution in [0.5, 0.6) is 0 Å². The predicted octanol–water partition coefficient (Wildman–Crippen LogP) is 2.86. The summed E-state index contributed by atoms with van der Waals surface area (Å²) in [6.07, 6.45) is -2.95. The van der Waals surface area contributed by atoms with Crippen LogP contribution in [0.4, 0.5) is 18.9 Å². The Morgan fingerprint density at radius 2 is 2.05 bits per heavy atom. The molecule has 0 radical (unpaired) electrons. The molecule has 0 fully saturated rings. The highest BCUT2D eigenvalue weighted by Gasteiger charge is 2.35. The lowest BCUT2D eigenvalue weighted by Crippen LogP contribution is -2.33. The number of anilines is 1. The van der Waals surface area contributed by atoms with Crippen LogP contribution in [0, 0.1) is 13.8 Å². The number of aryl methyl sites for hydroxylation is 2. The van der Waals surface area contributed by atoms with E-state index in [-0.39, 0.29) is 13.0 Å². The van der Waals surface area contributed by atoms with Crippen molar-refractivity contribution in [2.75, 3.05) is 18.0 Å². The van der Waals surface area contributed by atoms with Crippen molar-refractivity contribution in [3.05, 3.63) is 34.7 Å². The number of rotatable bonds is 2. The Hall–Kier alpha value is -1.56. The largest absolute Gasteiger partial charge is 0.412 e. The van der Waals surface area contributed by atoms with E-state index in [1.807, 2.05) is 24.8 Å². The highest BCUT2D eigenvalue weighted by Crippen LogP contribution is 2.33. The summed E-state index contributed by atoms with van der Waals surface area (Å²) in [6, 6.07) is 1.89. The highest BCUT2D eigenvalue weighted by molar-refractivity contribution is 5.57. The van der Waals surface area contributed by atoms with E-state index in [0.717, 1.165) is 22.6 Å². The minimum Gasteiger partial charge on any atom is -0.367 e. The van der Waals surface area contributed by atoms with Crippen LogP contribution in [0.25, 0.3) is 0 Å². The Kier molecular flexibility index (Phi) is 4.04. The number of aromatic nitrogens is 1. The Balaban J connectivity index is 2.29. The topological polar surface area (TPSA) is 42.1 Å². The SMILES string of the molecule is Cc1cc(N2CC=C(C(F)(F)F)CC2)c(CN)c(C)n1. The molecule has 2 heterocycles. The van der Waals surface area contributed by atoms with Crippen LogP contribution in [0.2, 0.25) is 0 Å². The summed E-state index contributed by atoms with van der Waals surface area (Å²) in [5.74, 6) is 0. The van der Waals surface area contributed by atoms with E-state index < -0.39 is 11.7 Å². The zero-order valence-corrected chi connectivity index (χ0v) is 11.6. The first kappa shape index (κ1) is 14.8. The average molecular weight is 285 g/mol. The van der Waals surface area contributed by atoms with Gasteiger partial charge in [0.1, 0.15) is 0 Å². The Morgan fingerprint density at radius 1 is 1.35 bits per heavy atom. The molecule has 3 nitrogen and oxygen atoms in total. The second-order valence-corrected chi connectivity index (χ2v) is 4.97. The van der Waals surface area contributed by atoms with E-state index in [2.05, 4.69) is 4.98 Å². The van der Waals surface area contributed by atoms with Crippen LogP contribution in [0.15, 0.2) is 17.7 Å². The molecule has 1 aromatic rings. The summed E-state index contributed by atoms with van der Waals surface area (Å²) >= 11 is 0. The molecule has 20 heavy (non-hydrogen) atoms. The monoisotopic (exact) mass is 285 g/mol. The zero-order chi connectivity index (χ0) is 14.9. The molecule has 1 aliphatic heterocycles. The molecule has 1 aliphatic rings. The summed E-state index contributed by atoms with van der Waals surface area (Å²) in [5.41, 5.74) is 8.79. The van der Waals surface area contributed by atoms with E-state index >= 15 is 0 Å². The fourth-order valence-corrected chi connectivity index (χ4v) is 2.51. The zero-order valence-electron chi connectivity index (χ0n) is 11.6. The van der Waals surface area contributed by atoms with Crippen molar-refractivity contribution in [2.45, 2.75) is 33.0 Å². The first-order valence-electron chi connectivity index (χ1n) is 6.51. The second kappa shape index (κ2) is 5.44. The Morgan fingerprint density at radius 3 is 2.55 bits per heavy atom. The summed E-state index contributed by atoms with van der Waals surface area (Å²) in [6.45, 7) is 4.68. The molecule has 0 bridgehead atoms. The van der Waals surface area contributed by atoms with Crippen molar-refractivity contribution in [3.63, 3.8) is 0 Å². The van der Waals surface area contributed by atoms with E-state index in [9.17, 15) is 13.2 Å². The van der Waals surface area contributed by atoms with Crippen molar-refractivity contribution >= 4 is 5.69 Å². The molecule has 0 saturated carbocycles. The number of hydrogen-bond donors (Lipinski definition) is 1. The van der Waals surface area contributed by atoms with Crippen molar-refractivity contribution in [2.24, 2.45) is 5.73 Å². The minimum absolute atomic E-state index is 0.00787. The lowest BCUT2D eigenvalue weighted by molar-refractivity contribution is -0.0943. The standard InChI is InChI=1S/C14H18F3N3/c1-9-7-13(12(8-18)10(2)19-9)20-5-3-11(4-6-20)14(15,16)17/h3,7H,4-6,8,18H2,1-2H3. The summed E-state index contributed by atoms with van der Waals surface area (Å²) in [7, 11) is 0. The number of pyridine rings is 1. The van der Waals surface area contributed by atoms with Crippen LogP contribution in [-0.2, 0) is 6.54 Å². The average Bonchev–Trinajstić information content (AvgIpc) is 2.37. The molecule has 0 aliphatic carbocycles. The smallest absolute Gasteiger partial charge is 0.367 e. The molecule has 0 amide bonds. The molecular formula is C14H18F3N3. The second-order valence-electron chi connectivity index (χ2n) is 4.97. The van der Waals surface area contributed by atoms with Gasteiger partial charge in [0.05, 0.1) is 0 Å². The number of hydrogen-bond acceptors (Lipinski definition) is 3. The van der Waals surface area contributed by atoms with Gasteiger partial charge in [-0.15, -0.1) is 0 Å². The fraction of sp³-hybridized carbons (Fsp3) is 0.500. The maximum absolute atomic E-state index is 12.6. The van der Waals surface area contributed by atoms with Gasteiger partial charge in [-0.1, -0.05) is 6.08 Å². The van der Waals surface area contributed by atoms with Crippen LogP contribution < -0.4 is 10.6 Å². The van der Waals surface area contributed by atoms with Gasteiger partial charge >= 0.3 is 6.18 Å². The molecule has 0 atom stereocenters. The Bertz CT molecular complexity index is 535. The number of nitrogens with two attached hydrogens (primary N) is 1. The van der Waals surface area contributed by atoms with Gasteiger partial charge in [0, 0.05) is 47.8 Å². The van der Waals surface area contributed by atoms with Gasteiger partial charge in [-0.25, -0.2) is 0 Å². The van der Waals surface area contributed by atoms with E-state index in [1.54, 1.807) is 0 Å². The lowest BCUT2D eigenvalue weighted by atomic mass is 10.0. The van der Waals surface area contributed by atoms with Gasteiger partial charge < -0.3 is 10.6 Å². The molecule has 110 valence electrons. The summed E-state index contributed by atoms with van der Waals surface area (Å²) in [5, 5.41) is 0. The quantitative estimate of drug-likeness (QED) is 0.850.